The molecule has 0 bridgehead atoms. The van der Waals surface area contributed by atoms with Crippen molar-refractivity contribution in [2.45, 2.75) is 39.2 Å². The van der Waals surface area contributed by atoms with E-state index in [1.165, 1.54) is 5.56 Å². The monoisotopic (exact) mass is 326 g/mol. The van der Waals surface area contributed by atoms with Crippen molar-refractivity contribution < 1.29 is 4.52 Å². The molecule has 1 saturated heterocycles. The van der Waals surface area contributed by atoms with Crippen LogP contribution in [0.4, 0.5) is 0 Å². The molecule has 0 saturated carbocycles. The minimum atomic E-state index is 0.392. The molecule has 0 unspecified atom stereocenters. The number of rotatable bonds is 3. The maximum Gasteiger partial charge on any atom is 0.229 e. The molecule has 0 aromatic carbocycles. The summed E-state index contributed by atoms with van der Waals surface area (Å²) in [6, 6.07) is 2.22. The number of pyridine rings is 1. The van der Waals surface area contributed by atoms with Crippen molar-refractivity contribution in [1.82, 2.24) is 29.8 Å². The zero-order valence-electron chi connectivity index (χ0n) is 14.4. The van der Waals surface area contributed by atoms with Gasteiger partial charge in [-0.05, 0) is 51.4 Å². The predicted molar refractivity (Wildman–Crippen MR) is 89.5 cm³/mol. The summed E-state index contributed by atoms with van der Waals surface area (Å²) in [6.45, 7) is 6.90. The molecule has 7 heteroatoms. The molecule has 0 radical (unpaired) electrons. The highest BCUT2D eigenvalue weighted by molar-refractivity contribution is 5.78. The first-order chi connectivity index (χ1) is 11.6. The third-order valence-corrected chi connectivity index (χ3v) is 4.81. The number of fused-ring (bicyclic) bond motifs is 1. The van der Waals surface area contributed by atoms with Crippen LogP contribution in [0.3, 0.4) is 0 Å². The lowest BCUT2D eigenvalue weighted by Crippen LogP contribution is -2.32. The molecule has 3 aromatic heterocycles. The van der Waals surface area contributed by atoms with Gasteiger partial charge in [-0.25, -0.2) is 4.98 Å². The van der Waals surface area contributed by atoms with Crippen LogP contribution >= 0.6 is 0 Å². The van der Waals surface area contributed by atoms with Gasteiger partial charge in [-0.2, -0.15) is 10.1 Å². The molecular weight excluding hydrogens is 304 g/mol. The van der Waals surface area contributed by atoms with Gasteiger partial charge in [0.15, 0.2) is 11.5 Å². The van der Waals surface area contributed by atoms with E-state index in [1.54, 1.807) is 0 Å². The maximum atomic E-state index is 5.32. The molecule has 1 aliphatic heterocycles. The quantitative estimate of drug-likeness (QED) is 0.735. The fraction of sp³-hybridized carbons (Fsp3) is 0.529. The lowest BCUT2D eigenvalue weighted by molar-refractivity contribution is 0.187. The second-order valence-electron chi connectivity index (χ2n) is 6.65. The summed E-state index contributed by atoms with van der Waals surface area (Å²) in [5.41, 5.74) is 3.22. The number of aryl methyl sites for hydroxylation is 3. The largest absolute Gasteiger partial charge is 0.339 e. The van der Waals surface area contributed by atoms with Crippen LogP contribution in [0.25, 0.3) is 11.0 Å². The third-order valence-electron chi connectivity index (χ3n) is 4.81. The van der Waals surface area contributed by atoms with E-state index in [-0.39, 0.29) is 0 Å². The Kier molecular flexibility index (Phi) is 3.80. The van der Waals surface area contributed by atoms with Crippen molar-refractivity contribution in [2.24, 2.45) is 7.05 Å². The van der Waals surface area contributed by atoms with Gasteiger partial charge >= 0.3 is 0 Å². The number of likely N-dealkylation sites (tertiary alicyclic amines) is 1. The van der Waals surface area contributed by atoms with Gasteiger partial charge in [-0.15, -0.1) is 0 Å². The maximum absolute atomic E-state index is 5.32. The van der Waals surface area contributed by atoms with E-state index in [0.717, 1.165) is 60.9 Å². The van der Waals surface area contributed by atoms with Crippen LogP contribution in [-0.4, -0.2) is 42.9 Å². The van der Waals surface area contributed by atoms with Crippen molar-refractivity contribution in [3.05, 3.63) is 35.2 Å². The first kappa shape index (κ1) is 15.3. The molecule has 0 N–H and O–H groups in total. The summed E-state index contributed by atoms with van der Waals surface area (Å²) >= 11 is 0. The molecule has 4 heterocycles. The first-order valence-electron chi connectivity index (χ1n) is 8.41. The summed E-state index contributed by atoms with van der Waals surface area (Å²) in [5, 5.41) is 9.49. The number of aromatic nitrogens is 5. The third kappa shape index (κ3) is 2.80. The van der Waals surface area contributed by atoms with Crippen LogP contribution in [0.15, 0.2) is 16.8 Å². The average molecular weight is 326 g/mol. The molecule has 1 fully saturated rings. The van der Waals surface area contributed by atoms with Crippen LogP contribution in [0.2, 0.25) is 0 Å². The topological polar surface area (TPSA) is 72.9 Å². The molecular formula is C17H22N6O. The lowest BCUT2D eigenvalue weighted by Gasteiger charge is -2.30. The van der Waals surface area contributed by atoms with Crippen LogP contribution in [0, 0.1) is 13.8 Å². The average Bonchev–Trinajstić information content (AvgIpc) is 3.12. The molecule has 126 valence electrons. The second kappa shape index (κ2) is 5.98. The van der Waals surface area contributed by atoms with E-state index in [2.05, 4.69) is 31.2 Å². The zero-order valence-corrected chi connectivity index (χ0v) is 14.4. The molecule has 0 aliphatic carbocycles. The summed E-state index contributed by atoms with van der Waals surface area (Å²) in [6.07, 6.45) is 4.09. The Morgan fingerprint density at radius 2 is 2.04 bits per heavy atom. The fourth-order valence-electron chi connectivity index (χ4n) is 3.51. The minimum absolute atomic E-state index is 0.392. The van der Waals surface area contributed by atoms with Crippen LogP contribution < -0.4 is 0 Å². The molecule has 1 aliphatic rings. The SMILES string of the molecule is Cc1noc(C2CCN(Cc3cnc4c(c3)c(C)nn4C)CC2)n1. The normalized spacial score (nSPS) is 17.0. The van der Waals surface area contributed by atoms with Crippen molar-refractivity contribution in [3.8, 4) is 0 Å². The molecule has 24 heavy (non-hydrogen) atoms. The fourth-order valence-corrected chi connectivity index (χ4v) is 3.51. The molecule has 0 atom stereocenters. The van der Waals surface area contributed by atoms with Crippen molar-refractivity contribution in [3.63, 3.8) is 0 Å². The van der Waals surface area contributed by atoms with Gasteiger partial charge < -0.3 is 4.52 Å². The van der Waals surface area contributed by atoms with E-state index < -0.39 is 0 Å². The van der Waals surface area contributed by atoms with E-state index in [1.807, 2.05) is 31.8 Å². The predicted octanol–water partition coefficient (Wildman–Crippen LogP) is 2.35. The van der Waals surface area contributed by atoms with E-state index in [4.69, 9.17) is 4.52 Å². The smallest absolute Gasteiger partial charge is 0.229 e. The summed E-state index contributed by atoms with van der Waals surface area (Å²) < 4.78 is 7.16. The molecule has 3 aromatic rings. The molecule has 4 rings (SSSR count). The highest BCUT2D eigenvalue weighted by Crippen LogP contribution is 2.27. The molecule has 0 amide bonds. The van der Waals surface area contributed by atoms with Crippen LogP contribution in [0.5, 0.6) is 0 Å². The Morgan fingerprint density at radius 1 is 1.25 bits per heavy atom. The van der Waals surface area contributed by atoms with Gasteiger partial charge in [0.2, 0.25) is 5.89 Å². The summed E-state index contributed by atoms with van der Waals surface area (Å²) in [7, 11) is 1.94. The lowest BCUT2D eigenvalue weighted by atomic mass is 9.96. The number of hydrogen-bond donors (Lipinski definition) is 0. The Morgan fingerprint density at radius 3 is 2.75 bits per heavy atom. The van der Waals surface area contributed by atoms with E-state index in [0.29, 0.717) is 5.92 Å². The van der Waals surface area contributed by atoms with Crippen molar-refractivity contribution in [1.29, 1.82) is 0 Å². The summed E-state index contributed by atoms with van der Waals surface area (Å²) in [4.78, 5) is 11.4. The van der Waals surface area contributed by atoms with Gasteiger partial charge in [0.1, 0.15) is 0 Å². The highest BCUT2D eigenvalue weighted by atomic mass is 16.5. The number of hydrogen-bond acceptors (Lipinski definition) is 6. The second-order valence-corrected chi connectivity index (χ2v) is 6.65. The minimum Gasteiger partial charge on any atom is -0.339 e. The van der Waals surface area contributed by atoms with Gasteiger partial charge in [-0.1, -0.05) is 5.16 Å². The van der Waals surface area contributed by atoms with E-state index >= 15 is 0 Å². The Bertz CT molecular complexity index is 859. The molecule has 7 nitrogen and oxygen atoms in total. The number of piperidine rings is 1. The Labute approximate surface area is 140 Å². The summed E-state index contributed by atoms with van der Waals surface area (Å²) in [5.74, 6) is 1.91. The van der Waals surface area contributed by atoms with Crippen molar-refractivity contribution in [2.75, 3.05) is 13.1 Å². The van der Waals surface area contributed by atoms with Crippen molar-refractivity contribution >= 4 is 11.0 Å². The van der Waals surface area contributed by atoms with Crippen LogP contribution in [0.1, 0.15) is 41.7 Å². The van der Waals surface area contributed by atoms with E-state index in [9.17, 15) is 0 Å². The Balaban J connectivity index is 1.42. The Hall–Kier alpha value is -2.28. The first-order valence-corrected chi connectivity index (χ1v) is 8.41. The standard InChI is InChI=1S/C17H22N6O/c1-11-15-8-13(9-18-16(15)22(3)20-11)10-23-6-4-14(5-7-23)17-19-12(2)21-24-17/h8-9,14H,4-7,10H2,1-3H3. The number of nitrogens with zero attached hydrogens (tertiary/aromatic N) is 6. The molecule has 0 spiro atoms. The van der Waals surface area contributed by atoms with Gasteiger partial charge in [0, 0.05) is 31.1 Å². The van der Waals surface area contributed by atoms with Crippen LogP contribution in [-0.2, 0) is 13.6 Å². The van der Waals surface area contributed by atoms with Gasteiger partial charge in [-0.3, -0.25) is 9.58 Å². The van der Waals surface area contributed by atoms with Gasteiger partial charge in [0.25, 0.3) is 0 Å². The van der Waals surface area contributed by atoms with Gasteiger partial charge in [0.05, 0.1) is 5.69 Å². The zero-order chi connectivity index (χ0) is 16.7. The highest BCUT2D eigenvalue weighted by Gasteiger charge is 2.25.